The van der Waals surface area contributed by atoms with E-state index in [9.17, 15) is 8.42 Å². The summed E-state index contributed by atoms with van der Waals surface area (Å²) in [5.41, 5.74) is 0. The van der Waals surface area contributed by atoms with E-state index in [1.165, 1.54) is 4.31 Å². The van der Waals surface area contributed by atoms with E-state index in [1.807, 2.05) is 44.2 Å². The number of rotatable bonds is 6. The second kappa shape index (κ2) is 7.22. The van der Waals surface area contributed by atoms with Gasteiger partial charge in [0.05, 0.1) is 12.2 Å². The van der Waals surface area contributed by atoms with Crippen molar-refractivity contribution in [3.8, 4) is 5.75 Å². The minimum atomic E-state index is -3.48. The Morgan fingerprint density at radius 1 is 1.24 bits per heavy atom. The van der Waals surface area contributed by atoms with E-state index in [0.29, 0.717) is 19.7 Å². The van der Waals surface area contributed by atoms with Crippen LogP contribution in [0.25, 0.3) is 0 Å². The molecule has 0 amide bonds. The second-order valence-corrected chi connectivity index (χ2v) is 6.89. The van der Waals surface area contributed by atoms with Crippen LogP contribution in [0.15, 0.2) is 30.3 Å². The highest BCUT2D eigenvalue weighted by Gasteiger charge is 2.30. The van der Waals surface area contributed by atoms with Gasteiger partial charge in [0.2, 0.25) is 0 Å². The normalized spacial score (nSPS) is 23.9. The molecule has 0 spiro atoms. The highest BCUT2D eigenvalue weighted by molar-refractivity contribution is 7.87. The van der Waals surface area contributed by atoms with Gasteiger partial charge in [0.25, 0.3) is 10.2 Å². The van der Waals surface area contributed by atoms with Crippen molar-refractivity contribution in [3.05, 3.63) is 30.3 Å². The minimum Gasteiger partial charge on any atom is -0.492 e. The first-order chi connectivity index (χ1) is 9.97. The van der Waals surface area contributed by atoms with Gasteiger partial charge in [0.15, 0.2) is 0 Å². The lowest BCUT2D eigenvalue weighted by molar-refractivity contribution is -0.0444. The van der Waals surface area contributed by atoms with Crippen LogP contribution in [-0.4, -0.2) is 51.2 Å². The number of ether oxygens (including phenoxy) is 2. The third-order valence-corrected chi connectivity index (χ3v) is 4.67. The number of hydrogen-bond donors (Lipinski definition) is 1. The van der Waals surface area contributed by atoms with Crippen LogP contribution < -0.4 is 9.46 Å². The predicted molar refractivity (Wildman–Crippen MR) is 80.4 cm³/mol. The highest BCUT2D eigenvalue weighted by atomic mass is 32.2. The fourth-order valence-electron chi connectivity index (χ4n) is 2.27. The lowest BCUT2D eigenvalue weighted by Gasteiger charge is -2.34. The Labute approximate surface area is 126 Å². The average molecular weight is 314 g/mol. The predicted octanol–water partition coefficient (Wildman–Crippen LogP) is 1.01. The minimum absolute atomic E-state index is 0.0918. The SMILES string of the molecule is CC1CN(S(=O)(=O)NCCOc2ccccc2)CC(C)O1. The van der Waals surface area contributed by atoms with Crippen molar-refractivity contribution in [2.45, 2.75) is 26.1 Å². The van der Waals surface area contributed by atoms with Gasteiger partial charge in [0, 0.05) is 19.6 Å². The molecule has 1 aromatic rings. The van der Waals surface area contributed by atoms with E-state index in [1.54, 1.807) is 0 Å². The first kappa shape index (κ1) is 16.2. The summed E-state index contributed by atoms with van der Waals surface area (Å²) in [5.74, 6) is 0.727. The number of benzene rings is 1. The third-order valence-electron chi connectivity index (χ3n) is 3.12. The molecule has 1 aliphatic rings. The van der Waals surface area contributed by atoms with Gasteiger partial charge >= 0.3 is 0 Å². The van der Waals surface area contributed by atoms with Crippen molar-refractivity contribution < 1.29 is 17.9 Å². The van der Waals surface area contributed by atoms with Gasteiger partial charge < -0.3 is 9.47 Å². The molecule has 21 heavy (non-hydrogen) atoms. The van der Waals surface area contributed by atoms with Gasteiger partial charge in [-0.15, -0.1) is 0 Å². The molecule has 2 atom stereocenters. The Bertz CT molecular complexity index is 525. The summed E-state index contributed by atoms with van der Waals surface area (Å²) in [5, 5.41) is 0. The fourth-order valence-corrected chi connectivity index (χ4v) is 3.61. The van der Waals surface area contributed by atoms with E-state index in [4.69, 9.17) is 9.47 Å². The molecule has 1 N–H and O–H groups in total. The summed E-state index contributed by atoms with van der Waals surface area (Å²) in [6, 6.07) is 9.31. The summed E-state index contributed by atoms with van der Waals surface area (Å²) in [7, 11) is -3.48. The lowest BCUT2D eigenvalue weighted by Crippen LogP contribution is -2.52. The van der Waals surface area contributed by atoms with Gasteiger partial charge in [0.1, 0.15) is 12.4 Å². The number of nitrogens with one attached hydrogen (secondary N) is 1. The molecule has 0 aromatic heterocycles. The van der Waals surface area contributed by atoms with Crippen molar-refractivity contribution in [2.75, 3.05) is 26.2 Å². The van der Waals surface area contributed by atoms with Crippen LogP contribution in [0, 0.1) is 0 Å². The van der Waals surface area contributed by atoms with Gasteiger partial charge in [-0.25, -0.2) is 0 Å². The third kappa shape index (κ3) is 4.96. The molecule has 2 rings (SSSR count). The van der Waals surface area contributed by atoms with Crippen LogP contribution in [0.2, 0.25) is 0 Å². The van der Waals surface area contributed by atoms with Crippen molar-refractivity contribution in [1.82, 2.24) is 9.03 Å². The molecule has 0 saturated carbocycles. The smallest absolute Gasteiger partial charge is 0.279 e. The summed E-state index contributed by atoms with van der Waals surface area (Å²) >= 11 is 0. The van der Waals surface area contributed by atoms with E-state index in [-0.39, 0.29) is 18.8 Å². The van der Waals surface area contributed by atoms with Crippen molar-refractivity contribution in [3.63, 3.8) is 0 Å². The lowest BCUT2D eigenvalue weighted by atomic mass is 10.3. The summed E-state index contributed by atoms with van der Waals surface area (Å²) < 4.78 is 39.4. The number of para-hydroxylation sites is 1. The topological polar surface area (TPSA) is 67.9 Å². The van der Waals surface area contributed by atoms with Crippen LogP contribution >= 0.6 is 0 Å². The zero-order chi connectivity index (χ0) is 15.3. The van der Waals surface area contributed by atoms with Gasteiger partial charge in [-0.1, -0.05) is 18.2 Å². The first-order valence-electron chi connectivity index (χ1n) is 7.05. The molecule has 1 aliphatic heterocycles. The van der Waals surface area contributed by atoms with Crippen molar-refractivity contribution in [2.24, 2.45) is 0 Å². The maximum atomic E-state index is 12.2. The number of morpholine rings is 1. The Hall–Kier alpha value is -1.15. The standard InChI is InChI=1S/C14H22N2O4S/c1-12-10-16(11-13(2)20-12)21(17,18)15-8-9-19-14-6-4-3-5-7-14/h3-7,12-13,15H,8-11H2,1-2H3. The van der Waals surface area contributed by atoms with E-state index in [2.05, 4.69) is 4.72 Å². The van der Waals surface area contributed by atoms with Crippen LogP contribution in [0.5, 0.6) is 5.75 Å². The molecule has 1 aromatic carbocycles. The summed E-state index contributed by atoms with van der Waals surface area (Å²) in [6.45, 7) is 5.02. The molecule has 118 valence electrons. The van der Waals surface area contributed by atoms with E-state index >= 15 is 0 Å². The van der Waals surface area contributed by atoms with Crippen LogP contribution in [0.3, 0.4) is 0 Å². The summed E-state index contributed by atoms with van der Waals surface area (Å²) in [6.07, 6.45) is -0.184. The quantitative estimate of drug-likeness (QED) is 0.796. The largest absolute Gasteiger partial charge is 0.492 e. The van der Waals surface area contributed by atoms with Crippen molar-refractivity contribution in [1.29, 1.82) is 0 Å². The number of nitrogens with zero attached hydrogens (tertiary/aromatic N) is 1. The second-order valence-electron chi connectivity index (χ2n) is 5.14. The van der Waals surface area contributed by atoms with E-state index in [0.717, 1.165) is 5.75 Å². The Balaban J connectivity index is 1.78. The van der Waals surface area contributed by atoms with Crippen LogP contribution in [0.4, 0.5) is 0 Å². The molecule has 0 aliphatic carbocycles. The van der Waals surface area contributed by atoms with Gasteiger partial charge in [-0.2, -0.15) is 17.4 Å². The zero-order valence-corrected chi connectivity index (χ0v) is 13.2. The molecular formula is C14H22N2O4S. The Morgan fingerprint density at radius 3 is 2.48 bits per heavy atom. The molecule has 0 bridgehead atoms. The molecule has 7 heteroatoms. The molecule has 1 heterocycles. The zero-order valence-electron chi connectivity index (χ0n) is 12.4. The Morgan fingerprint density at radius 2 is 1.86 bits per heavy atom. The molecule has 2 unspecified atom stereocenters. The summed E-state index contributed by atoms with van der Waals surface area (Å²) in [4.78, 5) is 0. The molecule has 6 nitrogen and oxygen atoms in total. The first-order valence-corrected chi connectivity index (χ1v) is 8.49. The molecule has 0 radical (unpaired) electrons. The van der Waals surface area contributed by atoms with Crippen molar-refractivity contribution >= 4 is 10.2 Å². The fraction of sp³-hybridized carbons (Fsp3) is 0.571. The Kier molecular flexibility index (Phi) is 5.58. The van der Waals surface area contributed by atoms with E-state index < -0.39 is 10.2 Å². The van der Waals surface area contributed by atoms with Gasteiger partial charge in [-0.3, -0.25) is 0 Å². The van der Waals surface area contributed by atoms with Crippen LogP contribution in [0.1, 0.15) is 13.8 Å². The average Bonchev–Trinajstić information content (AvgIpc) is 2.44. The monoisotopic (exact) mass is 314 g/mol. The molecule has 1 fully saturated rings. The molecular weight excluding hydrogens is 292 g/mol. The number of hydrogen-bond acceptors (Lipinski definition) is 4. The highest BCUT2D eigenvalue weighted by Crippen LogP contribution is 2.13. The maximum Gasteiger partial charge on any atom is 0.279 e. The molecule has 1 saturated heterocycles. The van der Waals surface area contributed by atoms with Crippen LogP contribution in [-0.2, 0) is 14.9 Å². The van der Waals surface area contributed by atoms with Gasteiger partial charge in [-0.05, 0) is 26.0 Å². The maximum absolute atomic E-state index is 12.2.